The van der Waals surface area contributed by atoms with Crippen molar-refractivity contribution in [2.75, 3.05) is 48.4 Å². The third-order valence-electron chi connectivity index (χ3n) is 6.51. The molecule has 0 aliphatic carbocycles. The normalized spacial score (nSPS) is 14.5. The molecule has 0 spiro atoms. The lowest BCUT2D eigenvalue weighted by atomic mass is 10.0. The van der Waals surface area contributed by atoms with Gasteiger partial charge in [0, 0.05) is 35.7 Å². The second-order valence-corrected chi connectivity index (χ2v) is 9.37. The molecule has 0 unspecified atom stereocenters. The van der Waals surface area contributed by atoms with Gasteiger partial charge < -0.3 is 30.7 Å². The van der Waals surface area contributed by atoms with Crippen molar-refractivity contribution in [3.05, 3.63) is 78.4 Å². The van der Waals surface area contributed by atoms with Crippen molar-refractivity contribution in [1.82, 2.24) is 10.8 Å². The standard InChI is InChI=1S/C29H33N5O6/c1-19(35)27(29(38)33-39)32-28(37)22-4-2-20(3-5-22)21-6-8-24(9-7-21)31-26(36)18-30-23-10-12-25(13-11-23)34-14-16-40-17-15-34/h2-13,19,27,30,35,39H,14-18H2,1H3,(H,31,36)(H,32,37)(H,33,38)/t19-,27+/m1/s1. The molecule has 3 amide bonds. The number of hydroxylamine groups is 1. The minimum Gasteiger partial charge on any atom is -0.391 e. The smallest absolute Gasteiger partial charge is 0.268 e. The molecular weight excluding hydrogens is 514 g/mol. The van der Waals surface area contributed by atoms with Gasteiger partial charge in [-0.25, -0.2) is 5.48 Å². The largest absolute Gasteiger partial charge is 0.391 e. The van der Waals surface area contributed by atoms with Crippen molar-refractivity contribution < 1.29 is 29.4 Å². The van der Waals surface area contributed by atoms with E-state index in [2.05, 4.69) is 20.9 Å². The average molecular weight is 548 g/mol. The molecule has 1 heterocycles. The number of nitrogens with zero attached hydrogens (tertiary/aromatic N) is 1. The van der Waals surface area contributed by atoms with Crippen LogP contribution in [0.1, 0.15) is 17.3 Å². The van der Waals surface area contributed by atoms with E-state index in [4.69, 9.17) is 9.94 Å². The van der Waals surface area contributed by atoms with Gasteiger partial charge in [0.05, 0.1) is 25.9 Å². The molecule has 1 aliphatic rings. The van der Waals surface area contributed by atoms with E-state index in [1.54, 1.807) is 36.4 Å². The van der Waals surface area contributed by atoms with Crippen molar-refractivity contribution in [2.24, 2.45) is 0 Å². The van der Waals surface area contributed by atoms with Crippen LogP contribution in [-0.2, 0) is 14.3 Å². The van der Waals surface area contributed by atoms with Crippen LogP contribution in [0.4, 0.5) is 17.1 Å². The quantitative estimate of drug-likeness (QED) is 0.167. The van der Waals surface area contributed by atoms with Gasteiger partial charge in [-0.1, -0.05) is 24.3 Å². The SMILES string of the molecule is C[C@@H](O)[C@H](NC(=O)c1ccc(-c2ccc(NC(=O)CNc3ccc(N4CCOCC4)cc3)cc2)cc1)C(=O)NO. The Bertz CT molecular complexity index is 1290. The van der Waals surface area contributed by atoms with Crippen molar-refractivity contribution in [3.8, 4) is 11.1 Å². The third kappa shape index (κ3) is 7.56. The molecule has 1 aliphatic heterocycles. The first-order valence-corrected chi connectivity index (χ1v) is 12.9. The van der Waals surface area contributed by atoms with Crippen molar-refractivity contribution in [1.29, 1.82) is 0 Å². The van der Waals surface area contributed by atoms with E-state index in [1.165, 1.54) is 12.4 Å². The molecule has 11 nitrogen and oxygen atoms in total. The molecule has 0 bridgehead atoms. The lowest BCUT2D eigenvalue weighted by molar-refractivity contribution is -0.133. The summed E-state index contributed by atoms with van der Waals surface area (Å²) in [6.45, 7) is 4.65. The monoisotopic (exact) mass is 547 g/mol. The predicted octanol–water partition coefficient (Wildman–Crippen LogP) is 2.23. The van der Waals surface area contributed by atoms with E-state index in [0.29, 0.717) is 5.69 Å². The number of anilines is 3. The van der Waals surface area contributed by atoms with E-state index in [0.717, 1.165) is 48.8 Å². The molecular formula is C29H33N5O6. The topological polar surface area (TPSA) is 152 Å². The van der Waals surface area contributed by atoms with Crippen LogP contribution in [0.15, 0.2) is 72.8 Å². The fraction of sp³-hybridized carbons (Fsp3) is 0.276. The number of ether oxygens (including phenoxy) is 1. The highest BCUT2D eigenvalue weighted by Gasteiger charge is 2.25. The molecule has 1 saturated heterocycles. The number of aliphatic hydroxyl groups excluding tert-OH is 1. The van der Waals surface area contributed by atoms with Gasteiger partial charge in [-0.2, -0.15) is 0 Å². The number of nitrogens with one attached hydrogen (secondary N) is 4. The van der Waals surface area contributed by atoms with Crippen LogP contribution >= 0.6 is 0 Å². The molecule has 6 N–H and O–H groups in total. The summed E-state index contributed by atoms with van der Waals surface area (Å²) in [5.41, 5.74) is 6.08. The summed E-state index contributed by atoms with van der Waals surface area (Å²) >= 11 is 0. The van der Waals surface area contributed by atoms with Crippen molar-refractivity contribution in [3.63, 3.8) is 0 Å². The Kier molecular flexibility index (Phi) is 9.68. The maximum atomic E-state index is 12.5. The molecule has 1 fully saturated rings. The number of amides is 3. The fourth-order valence-electron chi connectivity index (χ4n) is 4.26. The molecule has 0 aromatic heterocycles. The van der Waals surface area contributed by atoms with Crippen LogP contribution in [0.5, 0.6) is 0 Å². The Labute approximate surface area is 232 Å². The number of hydrogen-bond donors (Lipinski definition) is 6. The first-order valence-electron chi connectivity index (χ1n) is 12.9. The van der Waals surface area contributed by atoms with Gasteiger partial charge in [0.2, 0.25) is 5.91 Å². The van der Waals surface area contributed by atoms with Crippen molar-refractivity contribution in [2.45, 2.75) is 19.1 Å². The summed E-state index contributed by atoms with van der Waals surface area (Å²) in [7, 11) is 0. The van der Waals surface area contributed by atoms with Gasteiger partial charge in [-0.15, -0.1) is 0 Å². The Morgan fingerprint density at radius 1 is 0.875 bits per heavy atom. The highest BCUT2D eigenvalue weighted by molar-refractivity contribution is 5.98. The minimum atomic E-state index is -1.30. The summed E-state index contributed by atoms with van der Waals surface area (Å²) < 4.78 is 5.39. The number of morpholine rings is 1. The lowest BCUT2D eigenvalue weighted by Crippen LogP contribution is -2.51. The van der Waals surface area contributed by atoms with E-state index in [-0.39, 0.29) is 18.0 Å². The molecule has 0 radical (unpaired) electrons. The number of rotatable bonds is 10. The molecule has 3 aromatic carbocycles. The zero-order valence-electron chi connectivity index (χ0n) is 22.1. The molecule has 4 rings (SSSR count). The number of benzene rings is 3. The molecule has 2 atom stereocenters. The van der Waals surface area contributed by atoms with Crippen molar-refractivity contribution >= 4 is 34.8 Å². The summed E-state index contributed by atoms with van der Waals surface area (Å²) in [6.07, 6.45) is -1.20. The number of hydrogen-bond acceptors (Lipinski definition) is 8. The zero-order chi connectivity index (χ0) is 28.5. The zero-order valence-corrected chi connectivity index (χ0v) is 22.1. The van der Waals surface area contributed by atoms with Gasteiger partial charge in [0.25, 0.3) is 11.8 Å². The molecule has 0 saturated carbocycles. The number of aliphatic hydroxyl groups is 1. The van der Waals surface area contributed by atoms with Gasteiger partial charge in [0.1, 0.15) is 6.04 Å². The fourth-order valence-corrected chi connectivity index (χ4v) is 4.26. The van der Waals surface area contributed by atoms with Gasteiger partial charge in [-0.05, 0) is 66.6 Å². The highest BCUT2D eigenvalue weighted by Crippen LogP contribution is 2.23. The number of carbonyl (C=O) groups excluding carboxylic acids is 3. The Balaban J connectivity index is 1.27. The van der Waals surface area contributed by atoms with E-state index in [1.807, 2.05) is 36.4 Å². The van der Waals surface area contributed by atoms with Crippen LogP contribution in [-0.4, -0.2) is 73.0 Å². The molecule has 3 aromatic rings. The molecule has 11 heteroatoms. The van der Waals surface area contributed by atoms with E-state index >= 15 is 0 Å². The van der Waals surface area contributed by atoms with Crippen LogP contribution < -0.4 is 26.3 Å². The molecule has 210 valence electrons. The summed E-state index contributed by atoms with van der Waals surface area (Å²) in [5, 5.41) is 26.9. The van der Waals surface area contributed by atoms with Gasteiger partial charge in [-0.3, -0.25) is 19.6 Å². The minimum absolute atomic E-state index is 0.123. The maximum Gasteiger partial charge on any atom is 0.268 e. The summed E-state index contributed by atoms with van der Waals surface area (Å²) in [5.74, 6) is -1.66. The predicted molar refractivity (Wildman–Crippen MR) is 151 cm³/mol. The number of carbonyl (C=O) groups is 3. The highest BCUT2D eigenvalue weighted by atomic mass is 16.5. The summed E-state index contributed by atoms with van der Waals surface area (Å²) in [4.78, 5) is 38.8. The first-order chi connectivity index (χ1) is 19.3. The Morgan fingerprint density at radius 3 is 2.02 bits per heavy atom. The van der Waals surface area contributed by atoms with E-state index in [9.17, 15) is 19.5 Å². The third-order valence-corrected chi connectivity index (χ3v) is 6.51. The van der Waals surface area contributed by atoms with E-state index < -0.39 is 24.0 Å². The lowest BCUT2D eigenvalue weighted by Gasteiger charge is -2.28. The Morgan fingerprint density at radius 2 is 1.45 bits per heavy atom. The van der Waals surface area contributed by atoms with Gasteiger partial charge in [0.15, 0.2) is 0 Å². The second-order valence-electron chi connectivity index (χ2n) is 9.37. The summed E-state index contributed by atoms with van der Waals surface area (Å²) in [6, 6.07) is 20.7. The van der Waals surface area contributed by atoms with Crippen LogP contribution in [0.2, 0.25) is 0 Å². The first kappa shape index (κ1) is 28.6. The maximum absolute atomic E-state index is 12.5. The Hall–Kier alpha value is -4.45. The van der Waals surface area contributed by atoms with Crippen LogP contribution in [0.3, 0.4) is 0 Å². The average Bonchev–Trinajstić information content (AvgIpc) is 2.99. The van der Waals surface area contributed by atoms with Crippen LogP contribution in [0, 0.1) is 0 Å². The molecule has 40 heavy (non-hydrogen) atoms. The van der Waals surface area contributed by atoms with Crippen LogP contribution in [0.25, 0.3) is 11.1 Å². The van der Waals surface area contributed by atoms with Gasteiger partial charge >= 0.3 is 0 Å². The second kappa shape index (κ2) is 13.6.